The summed E-state index contributed by atoms with van der Waals surface area (Å²) in [5.74, 6) is 2.88. The molecule has 0 radical (unpaired) electrons. The minimum Gasteiger partial charge on any atom is -0.368 e. The van der Waals surface area contributed by atoms with Crippen LogP contribution in [0.15, 0.2) is 0 Å². The van der Waals surface area contributed by atoms with Gasteiger partial charge < -0.3 is 10.1 Å². The van der Waals surface area contributed by atoms with Crippen molar-refractivity contribution in [3.8, 4) is 0 Å². The average Bonchev–Trinajstić information content (AvgIpc) is 2.35. The van der Waals surface area contributed by atoms with Crippen molar-refractivity contribution in [3.63, 3.8) is 0 Å². The van der Waals surface area contributed by atoms with Crippen molar-refractivity contribution in [2.45, 2.75) is 26.5 Å². The van der Waals surface area contributed by atoms with E-state index >= 15 is 0 Å². The maximum Gasteiger partial charge on any atom is 0.158 e. The second-order valence-corrected chi connectivity index (χ2v) is 5.35. The smallest absolute Gasteiger partial charge is 0.158 e. The van der Waals surface area contributed by atoms with Crippen LogP contribution in [0.2, 0.25) is 0 Å². The first-order valence-electron chi connectivity index (χ1n) is 5.90. The molecule has 0 spiro atoms. The Morgan fingerprint density at radius 3 is 2.59 bits per heavy atom. The van der Waals surface area contributed by atoms with Crippen LogP contribution in [0.1, 0.15) is 28.9 Å². The lowest BCUT2D eigenvalue weighted by molar-refractivity contribution is 0.0691. The van der Waals surface area contributed by atoms with Crippen molar-refractivity contribution in [1.82, 2.24) is 15.3 Å². The Hall–Kier alpha value is -0.650. The van der Waals surface area contributed by atoms with Crippen LogP contribution in [0.4, 0.5) is 0 Å². The molecule has 5 heteroatoms. The molecule has 1 aliphatic rings. The van der Waals surface area contributed by atoms with Gasteiger partial charge in [-0.25, -0.2) is 9.97 Å². The van der Waals surface area contributed by atoms with Crippen LogP contribution in [-0.2, 0) is 11.3 Å². The largest absolute Gasteiger partial charge is 0.368 e. The number of ether oxygens (including phenoxy) is 1. The van der Waals surface area contributed by atoms with Gasteiger partial charge in [0.1, 0.15) is 6.10 Å². The molecule has 0 amide bonds. The second kappa shape index (κ2) is 5.80. The van der Waals surface area contributed by atoms with Gasteiger partial charge in [-0.2, -0.15) is 11.8 Å². The molecule has 2 rings (SSSR count). The standard InChI is InChI=1S/C12H19N3OS/c1-8-10(6-13-3)9(2)15-12(14-8)11-7-17-5-4-16-11/h11,13H,4-7H2,1-3H3. The van der Waals surface area contributed by atoms with Crippen LogP contribution in [0, 0.1) is 13.8 Å². The minimum atomic E-state index is 0.0646. The van der Waals surface area contributed by atoms with Gasteiger partial charge in [-0.15, -0.1) is 0 Å². The molecule has 1 aromatic rings. The zero-order chi connectivity index (χ0) is 12.3. The van der Waals surface area contributed by atoms with Crippen molar-refractivity contribution in [3.05, 3.63) is 22.8 Å². The van der Waals surface area contributed by atoms with E-state index in [4.69, 9.17) is 4.74 Å². The lowest BCUT2D eigenvalue weighted by Gasteiger charge is -2.22. The molecule has 17 heavy (non-hydrogen) atoms. The zero-order valence-electron chi connectivity index (χ0n) is 10.6. The molecule has 1 atom stereocenters. The summed E-state index contributed by atoms with van der Waals surface area (Å²) in [5.41, 5.74) is 3.31. The van der Waals surface area contributed by atoms with Crippen LogP contribution >= 0.6 is 11.8 Å². The maximum absolute atomic E-state index is 5.71. The fourth-order valence-corrected chi connectivity index (χ4v) is 2.82. The molecule has 0 aromatic carbocycles. The molecule has 1 N–H and O–H groups in total. The van der Waals surface area contributed by atoms with Crippen LogP contribution < -0.4 is 5.32 Å². The molecule has 94 valence electrons. The molecule has 0 saturated carbocycles. The Kier molecular flexibility index (Phi) is 4.36. The quantitative estimate of drug-likeness (QED) is 0.887. The highest BCUT2D eigenvalue weighted by Gasteiger charge is 2.20. The Bertz CT molecular complexity index is 368. The summed E-state index contributed by atoms with van der Waals surface area (Å²) in [4.78, 5) is 9.17. The summed E-state index contributed by atoms with van der Waals surface area (Å²) >= 11 is 1.91. The topological polar surface area (TPSA) is 47.0 Å². The monoisotopic (exact) mass is 253 g/mol. The molecule has 1 unspecified atom stereocenters. The average molecular weight is 253 g/mol. The van der Waals surface area contributed by atoms with Crippen molar-refractivity contribution >= 4 is 11.8 Å². The van der Waals surface area contributed by atoms with Crippen molar-refractivity contribution in [2.24, 2.45) is 0 Å². The molecular formula is C12H19N3OS. The van der Waals surface area contributed by atoms with Gasteiger partial charge in [-0.3, -0.25) is 0 Å². The van der Waals surface area contributed by atoms with Gasteiger partial charge in [0.2, 0.25) is 0 Å². The van der Waals surface area contributed by atoms with Gasteiger partial charge >= 0.3 is 0 Å². The van der Waals surface area contributed by atoms with E-state index in [-0.39, 0.29) is 6.10 Å². The van der Waals surface area contributed by atoms with Crippen molar-refractivity contribution in [2.75, 3.05) is 25.2 Å². The van der Waals surface area contributed by atoms with E-state index in [9.17, 15) is 0 Å². The third kappa shape index (κ3) is 2.97. The Morgan fingerprint density at radius 1 is 1.35 bits per heavy atom. The highest BCUT2D eigenvalue weighted by molar-refractivity contribution is 7.99. The summed E-state index contributed by atoms with van der Waals surface area (Å²) in [6.07, 6.45) is 0.0646. The number of nitrogens with zero attached hydrogens (tertiary/aromatic N) is 2. The molecule has 0 aliphatic carbocycles. The van der Waals surface area contributed by atoms with Crippen LogP contribution in [0.5, 0.6) is 0 Å². The van der Waals surface area contributed by atoms with Gasteiger partial charge in [-0.05, 0) is 20.9 Å². The lowest BCUT2D eigenvalue weighted by atomic mass is 10.1. The number of aromatic nitrogens is 2. The summed E-state index contributed by atoms with van der Waals surface area (Å²) in [6, 6.07) is 0. The third-order valence-electron chi connectivity index (χ3n) is 2.90. The van der Waals surface area contributed by atoms with Crippen LogP contribution in [0.3, 0.4) is 0 Å². The number of hydrogen-bond donors (Lipinski definition) is 1. The first-order valence-corrected chi connectivity index (χ1v) is 7.05. The first kappa shape index (κ1) is 12.8. The van der Waals surface area contributed by atoms with E-state index in [1.54, 1.807) is 0 Å². The van der Waals surface area contributed by atoms with E-state index in [0.29, 0.717) is 0 Å². The second-order valence-electron chi connectivity index (χ2n) is 4.20. The molecule has 1 aliphatic heterocycles. The summed E-state index contributed by atoms with van der Waals surface area (Å²) in [6.45, 7) is 5.70. The van der Waals surface area contributed by atoms with E-state index in [1.165, 1.54) is 5.56 Å². The normalized spacial score (nSPS) is 20.5. The van der Waals surface area contributed by atoms with Gasteiger partial charge in [0.05, 0.1) is 6.61 Å². The highest BCUT2D eigenvalue weighted by atomic mass is 32.2. The zero-order valence-corrected chi connectivity index (χ0v) is 11.4. The van der Waals surface area contributed by atoms with Crippen molar-refractivity contribution in [1.29, 1.82) is 0 Å². The molecule has 2 heterocycles. The fraction of sp³-hybridized carbons (Fsp3) is 0.667. The summed E-state index contributed by atoms with van der Waals surface area (Å²) < 4.78 is 5.71. The van der Waals surface area contributed by atoms with E-state index in [1.807, 2.05) is 32.7 Å². The fourth-order valence-electron chi connectivity index (χ4n) is 1.98. The van der Waals surface area contributed by atoms with E-state index < -0.39 is 0 Å². The van der Waals surface area contributed by atoms with Gasteiger partial charge in [0, 0.05) is 35.0 Å². The number of aryl methyl sites for hydroxylation is 2. The van der Waals surface area contributed by atoms with Crippen LogP contribution in [0.25, 0.3) is 0 Å². The van der Waals surface area contributed by atoms with E-state index in [0.717, 1.165) is 41.9 Å². The van der Waals surface area contributed by atoms with Crippen molar-refractivity contribution < 1.29 is 4.74 Å². The Balaban J connectivity index is 2.24. The third-order valence-corrected chi connectivity index (χ3v) is 3.89. The molecular weight excluding hydrogens is 234 g/mol. The number of nitrogens with one attached hydrogen (secondary N) is 1. The lowest BCUT2D eigenvalue weighted by Crippen LogP contribution is -2.20. The van der Waals surface area contributed by atoms with Gasteiger partial charge in [0.25, 0.3) is 0 Å². The van der Waals surface area contributed by atoms with E-state index in [2.05, 4.69) is 15.3 Å². The summed E-state index contributed by atoms with van der Waals surface area (Å²) in [7, 11) is 1.94. The predicted octanol–water partition coefficient (Wildman–Crippen LogP) is 1.62. The molecule has 1 saturated heterocycles. The van der Waals surface area contributed by atoms with Gasteiger partial charge in [-0.1, -0.05) is 0 Å². The number of rotatable bonds is 3. The summed E-state index contributed by atoms with van der Waals surface area (Å²) in [5, 5.41) is 3.15. The molecule has 4 nitrogen and oxygen atoms in total. The Morgan fingerprint density at radius 2 is 2.06 bits per heavy atom. The first-order chi connectivity index (χ1) is 8.22. The predicted molar refractivity (Wildman–Crippen MR) is 70.3 cm³/mol. The Labute approximate surface area is 107 Å². The maximum atomic E-state index is 5.71. The molecule has 1 aromatic heterocycles. The highest BCUT2D eigenvalue weighted by Crippen LogP contribution is 2.25. The molecule has 1 fully saturated rings. The molecule has 0 bridgehead atoms. The SMILES string of the molecule is CNCc1c(C)nc(C2CSCCO2)nc1C. The minimum absolute atomic E-state index is 0.0646. The van der Waals surface area contributed by atoms with Gasteiger partial charge in [0.15, 0.2) is 5.82 Å². The van der Waals surface area contributed by atoms with Crippen LogP contribution in [-0.4, -0.2) is 35.1 Å². The number of thioether (sulfide) groups is 1. The number of hydrogen-bond acceptors (Lipinski definition) is 5.